The van der Waals surface area contributed by atoms with Crippen LogP contribution >= 0.6 is 0 Å². The fraction of sp³-hybridized carbons (Fsp3) is 0.350. The number of amides is 1. The number of benzene rings is 2. The van der Waals surface area contributed by atoms with Crippen LogP contribution in [-0.2, 0) is 10.0 Å². The van der Waals surface area contributed by atoms with Crippen LogP contribution in [0.3, 0.4) is 0 Å². The molecule has 2 aromatic rings. The molecule has 0 atom stereocenters. The SMILES string of the molecule is CC(C)c1ccc(OCCNC(=O)c2ccc(S(=O)(=O)N(C)C)cc2)cc1. The number of nitrogens with one attached hydrogen (secondary N) is 1. The van der Waals surface area contributed by atoms with E-state index in [4.69, 9.17) is 4.74 Å². The number of hydrogen-bond acceptors (Lipinski definition) is 4. The summed E-state index contributed by atoms with van der Waals surface area (Å²) in [4.78, 5) is 12.3. The van der Waals surface area contributed by atoms with Crippen LogP contribution in [0.5, 0.6) is 5.75 Å². The largest absolute Gasteiger partial charge is 0.492 e. The smallest absolute Gasteiger partial charge is 0.251 e. The van der Waals surface area contributed by atoms with Crippen molar-refractivity contribution in [2.24, 2.45) is 0 Å². The molecule has 0 radical (unpaired) electrons. The Morgan fingerprint density at radius 1 is 1.04 bits per heavy atom. The van der Waals surface area contributed by atoms with Gasteiger partial charge in [0.15, 0.2) is 0 Å². The summed E-state index contributed by atoms with van der Waals surface area (Å²) in [5.74, 6) is 0.951. The summed E-state index contributed by atoms with van der Waals surface area (Å²) < 4.78 is 30.8. The minimum atomic E-state index is -3.50. The van der Waals surface area contributed by atoms with E-state index in [9.17, 15) is 13.2 Å². The van der Waals surface area contributed by atoms with E-state index < -0.39 is 10.0 Å². The molecule has 0 aromatic heterocycles. The number of carbonyl (C=O) groups excluding carboxylic acids is 1. The minimum Gasteiger partial charge on any atom is -0.492 e. The molecule has 6 nitrogen and oxygen atoms in total. The molecule has 0 aliphatic carbocycles. The van der Waals surface area contributed by atoms with E-state index in [1.807, 2.05) is 24.3 Å². The fourth-order valence-corrected chi connectivity index (χ4v) is 3.28. The highest BCUT2D eigenvalue weighted by atomic mass is 32.2. The van der Waals surface area contributed by atoms with Crippen LogP contribution in [0.15, 0.2) is 53.4 Å². The zero-order chi connectivity index (χ0) is 20.0. The van der Waals surface area contributed by atoms with Gasteiger partial charge in [-0.1, -0.05) is 26.0 Å². The van der Waals surface area contributed by atoms with Crippen molar-refractivity contribution in [3.05, 3.63) is 59.7 Å². The zero-order valence-electron chi connectivity index (χ0n) is 16.1. The maximum absolute atomic E-state index is 12.1. The van der Waals surface area contributed by atoms with Gasteiger partial charge >= 0.3 is 0 Å². The highest BCUT2D eigenvalue weighted by Gasteiger charge is 2.17. The van der Waals surface area contributed by atoms with Crippen molar-refractivity contribution in [1.82, 2.24) is 9.62 Å². The topological polar surface area (TPSA) is 75.7 Å². The highest BCUT2D eigenvalue weighted by molar-refractivity contribution is 7.89. The quantitative estimate of drug-likeness (QED) is 0.703. The third kappa shape index (κ3) is 5.55. The van der Waals surface area contributed by atoms with Gasteiger partial charge in [0, 0.05) is 19.7 Å². The molecule has 0 fully saturated rings. The summed E-state index contributed by atoms with van der Waals surface area (Å²) >= 11 is 0. The Balaban J connectivity index is 1.83. The molecule has 7 heteroatoms. The summed E-state index contributed by atoms with van der Waals surface area (Å²) in [6.07, 6.45) is 0. The van der Waals surface area contributed by atoms with Crippen molar-refractivity contribution in [3.63, 3.8) is 0 Å². The molecule has 0 unspecified atom stereocenters. The van der Waals surface area contributed by atoms with Gasteiger partial charge in [-0.3, -0.25) is 4.79 Å². The highest BCUT2D eigenvalue weighted by Crippen LogP contribution is 2.18. The third-order valence-corrected chi connectivity index (χ3v) is 5.93. The molecule has 0 saturated carbocycles. The van der Waals surface area contributed by atoms with Crippen LogP contribution < -0.4 is 10.1 Å². The molecule has 0 aliphatic heterocycles. The van der Waals surface area contributed by atoms with E-state index >= 15 is 0 Å². The lowest BCUT2D eigenvalue weighted by atomic mass is 10.0. The molecule has 0 spiro atoms. The second-order valence-electron chi connectivity index (χ2n) is 6.64. The molecule has 0 bridgehead atoms. The average molecular weight is 391 g/mol. The lowest BCUT2D eigenvalue weighted by molar-refractivity contribution is 0.0947. The van der Waals surface area contributed by atoms with Gasteiger partial charge in [0.1, 0.15) is 12.4 Å². The summed E-state index contributed by atoms with van der Waals surface area (Å²) in [5, 5.41) is 2.76. The monoisotopic (exact) mass is 390 g/mol. The van der Waals surface area contributed by atoms with Crippen LogP contribution in [0, 0.1) is 0 Å². The van der Waals surface area contributed by atoms with Crippen LogP contribution in [0.1, 0.15) is 35.7 Å². The number of carbonyl (C=O) groups is 1. The molecule has 27 heavy (non-hydrogen) atoms. The van der Waals surface area contributed by atoms with Gasteiger partial charge < -0.3 is 10.1 Å². The maximum atomic E-state index is 12.1. The molecule has 1 N–H and O–H groups in total. The van der Waals surface area contributed by atoms with Crippen molar-refractivity contribution in [2.45, 2.75) is 24.7 Å². The summed E-state index contributed by atoms with van der Waals surface area (Å²) in [6, 6.07) is 13.7. The van der Waals surface area contributed by atoms with Gasteiger partial charge in [-0.05, 0) is 47.9 Å². The van der Waals surface area contributed by atoms with Crippen LogP contribution in [0.4, 0.5) is 0 Å². The van der Waals surface area contributed by atoms with Gasteiger partial charge in [0.2, 0.25) is 10.0 Å². The first-order valence-electron chi connectivity index (χ1n) is 8.75. The van der Waals surface area contributed by atoms with Crippen molar-refractivity contribution in [1.29, 1.82) is 0 Å². The van der Waals surface area contributed by atoms with Crippen LogP contribution in [0.2, 0.25) is 0 Å². The molecule has 2 aromatic carbocycles. The molecule has 146 valence electrons. The van der Waals surface area contributed by atoms with Gasteiger partial charge in [0.05, 0.1) is 11.4 Å². The molecule has 0 saturated heterocycles. The van der Waals surface area contributed by atoms with Crippen molar-refractivity contribution in [3.8, 4) is 5.75 Å². The third-order valence-electron chi connectivity index (χ3n) is 4.10. The number of nitrogens with zero attached hydrogens (tertiary/aromatic N) is 1. The second-order valence-corrected chi connectivity index (χ2v) is 8.79. The summed E-state index contributed by atoms with van der Waals surface area (Å²) in [7, 11) is -0.569. The van der Waals surface area contributed by atoms with Gasteiger partial charge in [-0.25, -0.2) is 12.7 Å². The fourth-order valence-electron chi connectivity index (χ4n) is 2.37. The Labute approximate surface area is 161 Å². The lowest BCUT2D eigenvalue weighted by Gasteiger charge is -2.12. The standard InChI is InChI=1S/C20H26N2O4S/c1-15(2)16-5-9-18(10-6-16)26-14-13-21-20(23)17-7-11-19(12-8-17)27(24,25)22(3)4/h5-12,15H,13-14H2,1-4H3,(H,21,23). The average Bonchev–Trinajstić information content (AvgIpc) is 2.65. The molecular formula is C20H26N2O4S. The van der Waals surface area contributed by atoms with Gasteiger partial charge in [0.25, 0.3) is 5.91 Å². The first kappa shape index (κ1) is 20.9. The second kappa shape index (κ2) is 9.01. The van der Waals surface area contributed by atoms with Crippen LogP contribution in [0.25, 0.3) is 0 Å². The molecule has 2 rings (SSSR count). The van der Waals surface area contributed by atoms with Crippen molar-refractivity contribution < 1.29 is 17.9 Å². The van der Waals surface area contributed by atoms with Crippen LogP contribution in [-0.4, -0.2) is 45.9 Å². The predicted octanol–water partition coefficient (Wildman–Crippen LogP) is 2.87. The van der Waals surface area contributed by atoms with E-state index in [0.717, 1.165) is 10.1 Å². The first-order chi connectivity index (χ1) is 12.7. The molecular weight excluding hydrogens is 364 g/mol. The lowest BCUT2D eigenvalue weighted by Crippen LogP contribution is -2.28. The Morgan fingerprint density at radius 3 is 2.15 bits per heavy atom. The molecule has 0 aliphatic rings. The maximum Gasteiger partial charge on any atom is 0.251 e. The van der Waals surface area contributed by atoms with E-state index in [1.54, 1.807) is 0 Å². The van der Waals surface area contributed by atoms with E-state index in [2.05, 4.69) is 19.2 Å². The zero-order valence-corrected chi connectivity index (χ0v) is 16.9. The summed E-state index contributed by atoms with van der Waals surface area (Å²) in [6.45, 7) is 4.96. The molecule has 0 heterocycles. The number of rotatable bonds is 8. The van der Waals surface area contributed by atoms with Crippen molar-refractivity contribution in [2.75, 3.05) is 27.2 Å². The van der Waals surface area contributed by atoms with Crippen molar-refractivity contribution >= 4 is 15.9 Å². The Hall–Kier alpha value is -2.38. The van der Waals surface area contributed by atoms with Gasteiger partial charge in [-0.15, -0.1) is 0 Å². The Morgan fingerprint density at radius 2 is 1.63 bits per heavy atom. The number of ether oxygens (including phenoxy) is 1. The van der Waals surface area contributed by atoms with E-state index in [0.29, 0.717) is 24.6 Å². The number of hydrogen-bond donors (Lipinski definition) is 1. The Kier molecular flexibility index (Phi) is 6.98. The normalized spacial score (nSPS) is 11.6. The summed E-state index contributed by atoms with van der Waals surface area (Å²) in [5.41, 5.74) is 1.64. The first-order valence-corrected chi connectivity index (χ1v) is 10.2. The Bertz CT molecular complexity index is 858. The number of sulfonamides is 1. The van der Waals surface area contributed by atoms with Gasteiger partial charge in [-0.2, -0.15) is 0 Å². The predicted molar refractivity (Wildman–Crippen MR) is 106 cm³/mol. The van der Waals surface area contributed by atoms with E-state index in [1.165, 1.54) is 43.9 Å². The minimum absolute atomic E-state index is 0.150. The molecule has 1 amide bonds. The van der Waals surface area contributed by atoms with E-state index in [-0.39, 0.29) is 10.8 Å².